The molecule has 7 nitrogen and oxygen atoms in total. The van der Waals surface area contributed by atoms with Crippen molar-refractivity contribution >= 4 is 44.7 Å². The number of methoxy groups -OCH3 is 1. The van der Waals surface area contributed by atoms with Gasteiger partial charge in [-0.2, -0.15) is 4.98 Å². The third kappa shape index (κ3) is 3.76. The molecule has 0 unspecified atom stereocenters. The topological polar surface area (TPSA) is 68.1 Å². The molecule has 3 aromatic heterocycles. The Balaban J connectivity index is 1.52. The first-order valence-corrected chi connectivity index (χ1v) is 11.0. The van der Waals surface area contributed by atoms with E-state index in [9.17, 15) is 0 Å². The number of imidazole rings is 1. The van der Waals surface area contributed by atoms with Crippen molar-refractivity contribution in [1.82, 2.24) is 19.5 Å². The lowest BCUT2D eigenvalue weighted by molar-refractivity contribution is 0.413. The highest BCUT2D eigenvalue weighted by atomic mass is 32.1. The second-order valence-electron chi connectivity index (χ2n) is 7.34. The average Bonchev–Trinajstić information content (AvgIpc) is 3.48. The molecule has 160 valence electrons. The Morgan fingerprint density at radius 3 is 2.66 bits per heavy atom. The minimum atomic E-state index is 0.600. The lowest BCUT2D eigenvalue weighted by Gasteiger charge is -2.20. The molecule has 0 saturated heterocycles. The van der Waals surface area contributed by atoms with Crippen LogP contribution in [0.1, 0.15) is 5.69 Å². The van der Waals surface area contributed by atoms with E-state index in [4.69, 9.17) is 14.7 Å². The molecule has 0 aliphatic heterocycles. The Hall–Kier alpha value is -3.91. The summed E-state index contributed by atoms with van der Waals surface area (Å²) in [6.07, 6.45) is 3.75. The Morgan fingerprint density at radius 1 is 1.06 bits per heavy atom. The molecule has 0 spiro atoms. The van der Waals surface area contributed by atoms with Crippen molar-refractivity contribution in [2.75, 3.05) is 24.4 Å². The van der Waals surface area contributed by atoms with Crippen LogP contribution >= 0.6 is 11.3 Å². The Labute approximate surface area is 190 Å². The van der Waals surface area contributed by atoms with Gasteiger partial charge >= 0.3 is 0 Å². The molecule has 0 bridgehead atoms. The fraction of sp³-hybridized carbons (Fsp3) is 0.125. The number of anilines is 4. The summed E-state index contributed by atoms with van der Waals surface area (Å²) in [5.41, 5.74) is 4.68. The molecule has 8 heteroatoms. The van der Waals surface area contributed by atoms with Crippen LogP contribution in [-0.2, 0) is 0 Å². The van der Waals surface area contributed by atoms with Gasteiger partial charge in [0, 0.05) is 30.7 Å². The summed E-state index contributed by atoms with van der Waals surface area (Å²) in [5, 5.41) is 5.46. The summed E-state index contributed by atoms with van der Waals surface area (Å²) in [4.78, 5) is 15.9. The zero-order valence-corrected chi connectivity index (χ0v) is 18.8. The number of hydrogen-bond acceptors (Lipinski definition) is 7. The highest BCUT2D eigenvalue weighted by Gasteiger charge is 2.16. The largest absolute Gasteiger partial charge is 0.494 e. The molecule has 0 amide bonds. The number of rotatable bonds is 6. The number of thiophene rings is 1. The van der Waals surface area contributed by atoms with E-state index >= 15 is 0 Å². The van der Waals surface area contributed by atoms with Crippen molar-refractivity contribution in [2.45, 2.75) is 6.92 Å². The zero-order chi connectivity index (χ0) is 22.1. The van der Waals surface area contributed by atoms with Crippen LogP contribution in [0.5, 0.6) is 5.75 Å². The maximum atomic E-state index is 5.67. The van der Waals surface area contributed by atoms with Crippen LogP contribution in [0.2, 0.25) is 0 Å². The Morgan fingerprint density at radius 2 is 1.91 bits per heavy atom. The normalized spacial score (nSPS) is 11.0. The van der Waals surface area contributed by atoms with Crippen LogP contribution < -0.4 is 15.0 Å². The van der Waals surface area contributed by atoms with Gasteiger partial charge in [-0.25, -0.2) is 9.97 Å². The number of ether oxygens (including phenoxy) is 1. The fourth-order valence-electron chi connectivity index (χ4n) is 3.50. The van der Waals surface area contributed by atoms with Crippen LogP contribution in [0.4, 0.5) is 23.1 Å². The molecule has 0 aliphatic rings. The fourth-order valence-corrected chi connectivity index (χ4v) is 4.28. The van der Waals surface area contributed by atoms with E-state index in [0.29, 0.717) is 5.95 Å². The van der Waals surface area contributed by atoms with Gasteiger partial charge in [-0.15, -0.1) is 11.3 Å². The molecule has 2 aromatic carbocycles. The van der Waals surface area contributed by atoms with Crippen LogP contribution in [0, 0.1) is 6.92 Å². The van der Waals surface area contributed by atoms with E-state index in [0.717, 1.165) is 44.5 Å². The number of nitrogens with one attached hydrogen (secondary N) is 1. The molecule has 0 aliphatic carbocycles. The van der Waals surface area contributed by atoms with Crippen molar-refractivity contribution < 1.29 is 4.74 Å². The van der Waals surface area contributed by atoms with Crippen molar-refractivity contribution in [3.05, 3.63) is 78.2 Å². The van der Waals surface area contributed by atoms with Gasteiger partial charge in [-0.1, -0.05) is 18.2 Å². The molecular weight excluding hydrogens is 420 g/mol. The SMILES string of the molecule is COc1cc(N(C)c2nc(Nc3ccccc3)c3sccc3n2)ccc1-n1cnc(C)c1. The number of nitrogens with zero attached hydrogens (tertiary/aromatic N) is 5. The maximum Gasteiger partial charge on any atom is 0.232 e. The molecule has 0 atom stereocenters. The number of fused-ring (bicyclic) bond motifs is 1. The van der Waals surface area contributed by atoms with Gasteiger partial charge in [-0.3, -0.25) is 0 Å². The van der Waals surface area contributed by atoms with Crippen LogP contribution in [0.15, 0.2) is 72.5 Å². The minimum absolute atomic E-state index is 0.600. The molecular formula is C24H22N6OS. The molecule has 32 heavy (non-hydrogen) atoms. The molecule has 5 rings (SSSR count). The summed E-state index contributed by atoms with van der Waals surface area (Å²) in [7, 11) is 3.62. The van der Waals surface area contributed by atoms with E-state index in [1.807, 2.05) is 89.6 Å². The third-order valence-electron chi connectivity index (χ3n) is 5.17. The number of para-hydroxylation sites is 1. The Bertz CT molecular complexity index is 1380. The van der Waals surface area contributed by atoms with E-state index in [1.165, 1.54) is 0 Å². The molecule has 1 N–H and O–H groups in total. The van der Waals surface area contributed by atoms with Gasteiger partial charge in [0.2, 0.25) is 5.95 Å². The smallest absolute Gasteiger partial charge is 0.232 e. The second kappa shape index (κ2) is 8.32. The summed E-state index contributed by atoms with van der Waals surface area (Å²) in [5.74, 6) is 2.13. The Kier molecular flexibility index (Phi) is 5.20. The van der Waals surface area contributed by atoms with Gasteiger partial charge < -0.3 is 19.5 Å². The van der Waals surface area contributed by atoms with E-state index in [1.54, 1.807) is 24.8 Å². The average molecular weight is 443 g/mol. The monoisotopic (exact) mass is 442 g/mol. The van der Waals surface area contributed by atoms with Crippen molar-refractivity contribution in [2.24, 2.45) is 0 Å². The van der Waals surface area contributed by atoms with Crippen molar-refractivity contribution in [3.63, 3.8) is 0 Å². The summed E-state index contributed by atoms with van der Waals surface area (Å²) < 4.78 is 8.64. The van der Waals surface area contributed by atoms with E-state index < -0.39 is 0 Å². The lowest BCUT2D eigenvalue weighted by atomic mass is 10.2. The minimum Gasteiger partial charge on any atom is -0.494 e. The number of hydrogen-bond donors (Lipinski definition) is 1. The predicted octanol–water partition coefficient (Wildman–Crippen LogP) is 5.71. The van der Waals surface area contributed by atoms with E-state index in [-0.39, 0.29) is 0 Å². The van der Waals surface area contributed by atoms with Crippen LogP contribution in [0.25, 0.3) is 15.9 Å². The van der Waals surface area contributed by atoms with Gasteiger partial charge in [0.1, 0.15) is 5.75 Å². The highest BCUT2D eigenvalue weighted by Crippen LogP contribution is 2.34. The lowest BCUT2D eigenvalue weighted by Crippen LogP contribution is -2.14. The number of aryl methyl sites for hydroxylation is 1. The molecule has 5 aromatic rings. The molecule has 3 heterocycles. The van der Waals surface area contributed by atoms with Gasteiger partial charge in [0.05, 0.1) is 35.0 Å². The quantitative estimate of drug-likeness (QED) is 0.363. The zero-order valence-electron chi connectivity index (χ0n) is 18.0. The van der Waals surface area contributed by atoms with Crippen molar-refractivity contribution in [1.29, 1.82) is 0 Å². The summed E-state index contributed by atoms with van der Waals surface area (Å²) >= 11 is 1.62. The molecule has 0 radical (unpaired) electrons. The predicted molar refractivity (Wildman–Crippen MR) is 130 cm³/mol. The van der Waals surface area contributed by atoms with Crippen LogP contribution in [0.3, 0.4) is 0 Å². The molecule has 0 saturated carbocycles. The standard InChI is InChI=1S/C24H22N6OS/c1-16-14-30(15-25-16)20-10-9-18(13-21(20)31-3)29(2)24-27-19-11-12-32-22(19)23(28-24)26-17-7-5-4-6-8-17/h4-15H,1-3H3,(H,26,27,28). The molecule has 0 fully saturated rings. The summed E-state index contributed by atoms with van der Waals surface area (Å²) in [6.45, 7) is 1.96. The summed E-state index contributed by atoms with van der Waals surface area (Å²) in [6, 6.07) is 18.1. The van der Waals surface area contributed by atoms with E-state index in [2.05, 4.69) is 10.3 Å². The first-order valence-electron chi connectivity index (χ1n) is 10.1. The first kappa shape index (κ1) is 20.0. The first-order chi connectivity index (χ1) is 15.6. The highest BCUT2D eigenvalue weighted by molar-refractivity contribution is 7.17. The second-order valence-corrected chi connectivity index (χ2v) is 8.25. The van der Waals surface area contributed by atoms with Gasteiger partial charge in [0.25, 0.3) is 0 Å². The van der Waals surface area contributed by atoms with Gasteiger partial charge in [0.15, 0.2) is 5.82 Å². The van der Waals surface area contributed by atoms with Crippen LogP contribution in [-0.4, -0.2) is 33.7 Å². The number of aromatic nitrogens is 4. The maximum absolute atomic E-state index is 5.67. The van der Waals surface area contributed by atoms with Crippen molar-refractivity contribution in [3.8, 4) is 11.4 Å². The number of benzene rings is 2. The third-order valence-corrected chi connectivity index (χ3v) is 6.08. The van der Waals surface area contributed by atoms with Gasteiger partial charge in [-0.05, 0) is 42.6 Å².